The van der Waals surface area contributed by atoms with E-state index in [1.165, 1.54) is 6.07 Å². The van der Waals surface area contributed by atoms with Gasteiger partial charge in [0.15, 0.2) is 0 Å². The van der Waals surface area contributed by atoms with Crippen molar-refractivity contribution in [3.63, 3.8) is 0 Å². The van der Waals surface area contributed by atoms with E-state index in [2.05, 4.69) is 16.1 Å². The maximum Gasteiger partial charge on any atom is 0.328 e. The van der Waals surface area contributed by atoms with Crippen molar-refractivity contribution in [3.05, 3.63) is 155 Å². The maximum atomic E-state index is 13.9. The molecule has 232 valence electrons. The molecule has 0 fully saturated rings. The topological polar surface area (TPSA) is 95.6 Å². The zero-order valence-electron chi connectivity index (χ0n) is 25.4. The molecule has 0 atom stereocenters. The Kier molecular flexibility index (Phi) is 9.26. The number of hydrogen-bond donors (Lipinski definition) is 2. The van der Waals surface area contributed by atoms with Gasteiger partial charge in [0.05, 0.1) is 11.4 Å². The molecule has 5 aromatic rings. The van der Waals surface area contributed by atoms with Crippen LogP contribution in [0.15, 0.2) is 132 Å². The molecule has 0 unspecified atom stereocenters. The molecular formula is C38H35N3O4S. The van der Waals surface area contributed by atoms with Gasteiger partial charge < -0.3 is 10.2 Å². The van der Waals surface area contributed by atoms with Gasteiger partial charge in [-0.25, -0.2) is 17.9 Å². The van der Waals surface area contributed by atoms with Gasteiger partial charge in [0.1, 0.15) is 0 Å². The fraction of sp³-hybridized carbons (Fsp3) is 0.158. The predicted molar refractivity (Wildman–Crippen MR) is 181 cm³/mol. The number of para-hydroxylation sites is 1. The molecule has 1 aliphatic heterocycles. The van der Waals surface area contributed by atoms with Crippen molar-refractivity contribution in [2.24, 2.45) is 0 Å². The minimum Gasteiger partial charge on any atom is -0.337 e. The van der Waals surface area contributed by atoms with Crippen LogP contribution >= 0.6 is 0 Å². The number of fused-ring (bicyclic) bond motifs is 2. The van der Waals surface area contributed by atoms with Gasteiger partial charge in [-0.3, -0.25) is 4.79 Å². The highest BCUT2D eigenvalue weighted by atomic mass is 32.2. The highest BCUT2D eigenvalue weighted by Crippen LogP contribution is 2.31. The van der Waals surface area contributed by atoms with Crippen LogP contribution in [0, 0.1) is 0 Å². The summed E-state index contributed by atoms with van der Waals surface area (Å²) in [5.41, 5.74) is 6.97. The van der Waals surface area contributed by atoms with Gasteiger partial charge in [0.2, 0.25) is 0 Å². The van der Waals surface area contributed by atoms with E-state index in [0.29, 0.717) is 36.2 Å². The third-order valence-electron chi connectivity index (χ3n) is 8.22. The van der Waals surface area contributed by atoms with E-state index in [-0.39, 0.29) is 10.8 Å². The van der Waals surface area contributed by atoms with Crippen molar-refractivity contribution < 1.29 is 18.0 Å². The fourth-order valence-corrected chi connectivity index (χ4v) is 7.04. The first-order valence-corrected chi connectivity index (χ1v) is 16.9. The van der Waals surface area contributed by atoms with Crippen LogP contribution in [0.4, 0.5) is 10.5 Å². The number of carbonyl (C=O) groups excluding carboxylic acids is 2. The van der Waals surface area contributed by atoms with Gasteiger partial charge in [0, 0.05) is 23.4 Å². The first-order valence-electron chi connectivity index (χ1n) is 15.4. The van der Waals surface area contributed by atoms with Gasteiger partial charge in [-0.15, -0.1) is 0 Å². The van der Waals surface area contributed by atoms with Crippen molar-refractivity contribution >= 4 is 27.6 Å². The zero-order chi connectivity index (χ0) is 31.9. The molecule has 0 radical (unpaired) electrons. The first kappa shape index (κ1) is 30.8. The smallest absolute Gasteiger partial charge is 0.328 e. The van der Waals surface area contributed by atoms with Crippen molar-refractivity contribution in [1.29, 1.82) is 0 Å². The number of sulfonamides is 1. The molecule has 3 amide bonds. The molecule has 1 aliphatic rings. The van der Waals surface area contributed by atoms with E-state index < -0.39 is 16.1 Å². The summed E-state index contributed by atoms with van der Waals surface area (Å²) in [4.78, 5) is 28.2. The third kappa shape index (κ3) is 7.03. The van der Waals surface area contributed by atoms with Crippen molar-refractivity contribution in [2.75, 3.05) is 11.4 Å². The van der Waals surface area contributed by atoms with Gasteiger partial charge in [0.25, 0.3) is 15.9 Å². The minimum absolute atomic E-state index is 0.00617. The average molecular weight is 630 g/mol. The molecule has 0 saturated carbocycles. The molecular weight excluding hydrogens is 595 g/mol. The standard InChI is InChI=1S/C38H35N3O4S/c42-37-34-17-6-4-14-30(34)24-25-32-15-5-8-18-35(32)41(37)27-29-20-22-31(23-21-29)33-16-7-9-19-36(33)46(44,45)40-38(43)39-26-10-13-28-11-2-1-3-12-28/h1-9,11-12,14-23H,10,13,24-27H2,(H2,39,40,43). The highest BCUT2D eigenvalue weighted by Gasteiger charge is 2.26. The number of hydrogen-bond acceptors (Lipinski definition) is 4. The van der Waals surface area contributed by atoms with E-state index in [1.807, 2.05) is 102 Å². The number of urea groups is 1. The first-order chi connectivity index (χ1) is 22.4. The van der Waals surface area contributed by atoms with Crippen LogP contribution in [0.2, 0.25) is 0 Å². The van der Waals surface area contributed by atoms with Crippen LogP contribution in [0.3, 0.4) is 0 Å². The normalized spacial score (nSPS) is 12.8. The molecule has 0 bridgehead atoms. The van der Waals surface area contributed by atoms with Gasteiger partial charge in [-0.2, -0.15) is 0 Å². The Bertz CT molecular complexity index is 1960. The lowest BCUT2D eigenvalue weighted by Gasteiger charge is -2.28. The number of anilines is 1. The van der Waals surface area contributed by atoms with E-state index in [9.17, 15) is 18.0 Å². The van der Waals surface area contributed by atoms with Crippen LogP contribution in [-0.4, -0.2) is 26.9 Å². The SMILES string of the molecule is O=C(NCCCc1ccccc1)NS(=O)(=O)c1ccccc1-c1ccc(CN2C(=O)c3ccccc3CCc3ccccc32)cc1. The van der Waals surface area contributed by atoms with E-state index in [1.54, 1.807) is 18.2 Å². The van der Waals surface area contributed by atoms with Crippen LogP contribution in [0.1, 0.15) is 39.0 Å². The van der Waals surface area contributed by atoms with E-state index in [4.69, 9.17) is 0 Å². The second kappa shape index (κ2) is 13.8. The lowest BCUT2D eigenvalue weighted by molar-refractivity contribution is 0.0983. The predicted octanol–water partition coefficient (Wildman–Crippen LogP) is 6.92. The van der Waals surface area contributed by atoms with Crippen molar-refractivity contribution in [1.82, 2.24) is 10.0 Å². The molecule has 0 aliphatic carbocycles. The molecule has 0 aromatic heterocycles. The van der Waals surface area contributed by atoms with Crippen LogP contribution in [0.5, 0.6) is 0 Å². The number of amides is 3. The summed E-state index contributed by atoms with van der Waals surface area (Å²) in [7, 11) is -4.15. The molecule has 0 spiro atoms. The molecule has 1 heterocycles. The Hall–Kier alpha value is -5.21. The number of carbonyl (C=O) groups is 2. The monoisotopic (exact) mass is 629 g/mol. The van der Waals surface area contributed by atoms with Crippen molar-refractivity contribution in [2.45, 2.75) is 37.1 Å². The quantitative estimate of drug-likeness (QED) is 0.173. The van der Waals surface area contributed by atoms with Crippen LogP contribution in [-0.2, 0) is 35.8 Å². The molecule has 8 heteroatoms. The van der Waals surface area contributed by atoms with E-state index >= 15 is 0 Å². The summed E-state index contributed by atoms with van der Waals surface area (Å²) in [6.45, 7) is 0.700. The average Bonchev–Trinajstić information content (AvgIpc) is 3.08. The largest absolute Gasteiger partial charge is 0.337 e. The number of rotatable bonds is 9. The second-order valence-corrected chi connectivity index (χ2v) is 13.0. The van der Waals surface area contributed by atoms with Crippen molar-refractivity contribution in [3.8, 4) is 11.1 Å². The fourth-order valence-electron chi connectivity index (χ4n) is 5.88. The van der Waals surface area contributed by atoms with Crippen LogP contribution in [0.25, 0.3) is 11.1 Å². The second-order valence-electron chi connectivity index (χ2n) is 11.3. The molecule has 0 saturated heterocycles. The summed E-state index contributed by atoms with van der Waals surface area (Å²) in [5, 5.41) is 2.65. The third-order valence-corrected chi connectivity index (χ3v) is 9.61. The Morgan fingerprint density at radius 3 is 2.09 bits per heavy atom. The highest BCUT2D eigenvalue weighted by molar-refractivity contribution is 7.90. The van der Waals surface area contributed by atoms with Crippen LogP contribution < -0.4 is 14.9 Å². The molecule has 46 heavy (non-hydrogen) atoms. The Labute approximate surface area is 270 Å². The summed E-state index contributed by atoms with van der Waals surface area (Å²) in [5.74, 6) is -0.0484. The molecule has 2 N–H and O–H groups in total. The number of aryl methyl sites for hydroxylation is 3. The van der Waals surface area contributed by atoms with Gasteiger partial charge >= 0.3 is 6.03 Å². The lowest BCUT2D eigenvalue weighted by Crippen LogP contribution is -2.40. The molecule has 7 nitrogen and oxygen atoms in total. The maximum absolute atomic E-state index is 13.9. The summed E-state index contributed by atoms with van der Waals surface area (Å²) in [6.07, 6.45) is 3.09. The van der Waals surface area contributed by atoms with Gasteiger partial charge in [-0.1, -0.05) is 109 Å². The Balaban J connectivity index is 1.17. The summed E-state index contributed by atoms with van der Waals surface area (Å²) >= 11 is 0. The molecule has 5 aromatic carbocycles. The Morgan fingerprint density at radius 2 is 1.30 bits per heavy atom. The minimum atomic E-state index is -4.15. The number of benzene rings is 5. The number of nitrogens with one attached hydrogen (secondary N) is 2. The number of nitrogens with zero attached hydrogens (tertiary/aromatic N) is 1. The zero-order valence-corrected chi connectivity index (χ0v) is 26.2. The van der Waals surface area contributed by atoms with E-state index in [0.717, 1.165) is 47.2 Å². The summed E-state index contributed by atoms with van der Waals surface area (Å²) < 4.78 is 28.8. The molecule has 6 rings (SSSR count). The summed E-state index contributed by atoms with van der Waals surface area (Å²) in [6, 6.07) is 39.0. The van der Waals surface area contributed by atoms with Gasteiger partial charge in [-0.05, 0) is 71.7 Å². The lowest BCUT2D eigenvalue weighted by atomic mass is 9.94. The Morgan fingerprint density at radius 1 is 0.674 bits per heavy atom.